The largest absolute Gasteiger partial charge is 0.340 e. The molecule has 3 N–H and O–H groups in total. The minimum Gasteiger partial charge on any atom is -0.340 e. The van der Waals surface area contributed by atoms with Crippen LogP contribution in [0.4, 0.5) is 11.5 Å². The van der Waals surface area contributed by atoms with E-state index in [1.54, 1.807) is 0 Å². The van der Waals surface area contributed by atoms with E-state index in [1.807, 2.05) is 18.3 Å². The van der Waals surface area contributed by atoms with E-state index in [1.165, 1.54) is 11.1 Å². The Hall–Kier alpha value is -1.87. The molecule has 94 valence electrons. The zero-order chi connectivity index (χ0) is 13.0. The van der Waals surface area contributed by atoms with Gasteiger partial charge in [0.2, 0.25) is 0 Å². The van der Waals surface area contributed by atoms with Crippen LogP contribution in [0.1, 0.15) is 23.6 Å². The summed E-state index contributed by atoms with van der Waals surface area (Å²) >= 11 is 0. The molecule has 1 aromatic heterocycles. The van der Waals surface area contributed by atoms with Gasteiger partial charge in [-0.05, 0) is 36.1 Å². The normalized spacial score (nSPS) is 10.4. The molecule has 0 spiro atoms. The summed E-state index contributed by atoms with van der Waals surface area (Å²) in [7, 11) is 0. The van der Waals surface area contributed by atoms with Gasteiger partial charge in [-0.1, -0.05) is 31.2 Å². The van der Waals surface area contributed by atoms with Gasteiger partial charge in [-0.2, -0.15) is 0 Å². The molecule has 0 unspecified atom stereocenters. The summed E-state index contributed by atoms with van der Waals surface area (Å²) in [5, 5.41) is 3.39. The summed E-state index contributed by atoms with van der Waals surface area (Å²) in [6.45, 7) is 4.79. The number of rotatable bonds is 4. The molecule has 0 saturated heterocycles. The first-order valence-corrected chi connectivity index (χ1v) is 6.25. The Morgan fingerprint density at radius 1 is 1.22 bits per heavy atom. The number of aromatic nitrogens is 1. The topological polar surface area (TPSA) is 50.9 Å². The third-order valence-corrected chi connectivity index (χ3v) is 3.05. The lowest BCUT2D eigenvalue weighted by Gasteiger charge is -2.13. The van der Waals surface area contributed by atoms with Crippen LogP contribution < -0.4 is 11.1 Å². The van der Waals surface area contributed by atoms with Gasteiger partial charge in [0.05, 0.1) is 0 Å². The standard InChI is InChI=1S/C15H19N3/c1-3-13-6-4-5-11(2)15(13)18-14-8-7-12(9-16)10-17-14/h4-8,10H,3,9,16H2,1-2H3,(H,17,18). The minimum absolute atomic E-state index is 0.526. The first-order chi connectivity index (χ1) is 8.74. The van der Waals surface area contributed by atoms with Crippen molar-refractivity contribution in [2.75, 3.05) is 5.32 Å². The number of benzene rings is 1. The van der Waals surface area contributed by atoms with Crippen molar-refractivity contribution in [2.24, 2.45) is 5.73 Å². The third-order valence-electron chi connectivity index (χ3n) is 3.05. The lowest BCUT2D eigenvalue weighted by molar-refractivity contribution is 1.05. The van der Waals surface area contributed by atoms with E-state index in [0.717, 1.165) is 23.5 Å². The van der Waals surface area contributed by atoms with E-state index in [-0.39, 0.29) is 0 Å². The highest BCUT2D eigenvalue weighted by molar-refractivity contribution is 5.64. The van der Waals surface area contributed by atoms with Crippen LogP contribution in [0.25, 0.3) is 0 Å². The Bertz CT molecular complexity index is 518. The molecule has 2 rings (SSSR count). The van der Waals surface area contributed by atoms with Gasteiger partial charge in [0.15, 0.2) is 0 Å². The van der Waals surface area contributed by atoms with E-state index < -0.39 is 0 Å². The molecule has 0 aliphatic heterocycles. The fourth-order valence-corrected chi connectivity index (χ4v) is 1.95. The summed E-state index contributed by atoms with van der Waals surface area (Å²) in [5.41, 5.74) is 10.3. The second kappa shape index (κ2) is 5.65. The molecular formula is C15H19N3. The van der Waals surface area contributed by atoms with Crippen molar-refractivity contribution in [3.05, 3.63) is 53.2 Å². The van der Waals surface area contributed by atoms with Crippen LogP contribution in [0, 0.1) is 6.92 Å². The van der Waals surface area contributed by atoms with Crippen molar-refractivity contribution >= 4 is 11.5 Å². The quantitative estimate of drug-likeness (QED) is 0.864. The molecule has 0 aliphatic rings. The molecule has 0 amide bonds. The maximum Gasteiger partial charge on any atom is 0.130 e. The lowest BCUT2D eigenvalue weighted by atomic mass is 10.1. The van der Waals surface area contributed by atoms with Gasteiger partial charge in [0.1, 0.15) is 5.82 Å². The second-order valence-corrected chi connectivity index (χ2v) is 4.34. The smallest absolute Gasteiger partial charge is 0.130 e. The molecule has 0 saturated carbocycles. The Morgan fingerprint density at radius 3 is 2.67 bits per heavy atom. The summed E-state index contributed by atoms with van der Waals surface area (Å²) in [6, 6.07) is 10.3. The third kappa shape index (κ3) is 2.68. The van der Waals surface area contributed by atoms with Crippen molar-refractivity contribution in [1.29, 1.82) is 0 Å². The minimum atomic E-state index is 0.526. The van der Waals surface area contributed by atoms with Crippen LogP contribution in [0.15, 0.2) is 36.5 Å². The summed E-state index contributed by atoms with van der Waals surface area (Å²) in [4.78, 5) is 4.37. The van der Waals surface area contributed by atoms with E-state index in [0.29, 0.717) is 6.54 Å². The number of aryl methyl sites for hydroxylation is 2. The van der Waals surface area contributed by atoms with Gasteiger partial charge in [0, 0.05) is 18.4 Å². The molecule has 3 heteroatoms. The highest BCUT2D eigenvalue weighted by Crippen LogP contribution is 2.24. The Kier molecular flexibility index (Phi) is 3.95. The number of para-hydroxylation sites is 1. The van der Waals surface area contributed by atoms with Gasteiger partial charge in [-0.25, -0.2) is 4.98 Å². The summed E-state index contributed by atoms with van der Waals surface area (Å²) in [6.07, 6.45) is 2.82. The average molecular weight is 241 g/mol. The van der Waals surface area contributed by atoms with Crippen molar-refractivity contribution in [3.8, 4) is 0 Å². The number of pyridine rings is 1. The maximum atomic E-state index is 5.56. The molecule has 3 nitrogen and oxygen atoms in total. The van der Waals surface area contributed by atoms with Gasteiger partial charge in [-0.3, -0.25) is 0 Å². The molecule has 2 aromatic rings. The zero-order valence-electron chi connectivity index (χ0n) is 10.9. The van der Waals surface area contributed by atoms with Crippen molar-refractivity contribution in [1.82, 2.24) is 4.98 Å². The number of nitrogens with zero attached hydrogens (tertiary/aromatic N) is 1. The Labute approximate surface area is 108 Å². The second-order valence-electron chi connectivity index (χ2n) is 4.34. The lowest BCUT2D eigenvalue weighted by Crippen LogP contribution is -2.01. The highest BCUT2D eigenvalue weighted by Gasteiger charge is 2.04. The SMILES string of the molecule is CCc1cccc(C)c1Nc1ccc(CN)cn1. The Balaban J connectivity index is 2.27. The molecule has 0 radical (unpaired) electrons. The van der Waals surface area contributed by atoms with Crippen molar-refractivity contribution < 1.29 is 0 Å². The molecule has 18 heavy (non-hydrogen) atoms. The highest BCUT2D eigenvalue weighted by atomic mass is 15.0. The van der Waals surface area contributed by atoms with Gasteiger partial charge < -0.3 is 11.1 Å². The molecular weight excluding hydrogens is 222 g/mol. The molecule has 0 fully saturated rings. The Morgan fingerprint density at radius 2 is 2.06 bits per heavy atom. The van der Waals surface area contributed by atoms with Crippen LogP contribution in [-0.4, -0.2) is 4.98 Å². The summed E-state index contributed by atoms with van der Waals surface area (Å²) in [5.74, 6) is 0.858. The maximum absolute atomic E-state index is 5.56. The number of hydrogen-bond donors (Lipinski definition) is 2. The van der Waals surface area contributed by atoms with Crippen LogP contribution >= 0.6 is 0 Å². The first-order valence-electron chi connectivity index (χ1n) is 6.25. The van der Waals surface area contributed by atoms with Gasteiger partial charge in [0.25, 0.3) is 0 Å². The molecule has 0 bridgehead atoms. The number of anilines is 2. The molecule has 0 atom stereocenters. The van der Waals surface area contributed by atoms with Crippen LogP contribution in [-0.2, 0) is 13.0 Å². The average Bonchev–Trinajstić information content (AvgIpc) is 2.42. The molecule has 1 aromatic carbocycles. The van der Waals surface area contributed by atoms with E-state index in [9.17, 15) is 0 Å². The van der Waals surface area contributed by atoms with E-state index >= 15 is 0 Å². The fourth-order valence-electron chi connectivity index (χ4n) is 1.95. The summed E-state index contributed by atoms with van der Waals surface area (Å²) < 4.78 is 0. The van der Waals surface area contributed by atoms with Crippen LogP contribution in [0.3, 0.4) is 0 Å². The van der Waals surface area contributed by atoms with Gasteiger partial charge in [-0.15, -0.1) is 0 Å². The number of hydrogen-bond acceptors (Lipinski definition) is 3. The molecule has 0 aliphatic carbocycles. The first kappa shape index (κ1) is 12.6. The predicted octanol–water partition coefficient (Wildman–Crippen LogP) is 3.15. The monoisotopic (exact) mass is 241 g/mol. The number of nitrogens with one attached hydrogen (secondary N) is 1. The zero-order valence-corrected chi connectivity index (χ0v) is 10.9. The van der Waals surface area contributed by atoms with E-state index in [2.05, 4.69) is 42.3 Å². The van der Waals surface area contributed by atoms with Crippen LogP contribution in [0.2, 0.25) is 0 Å². The van der Waals surface area contributed by atoms with E-state index in [4.69, 9.17) is 5.73 Å². The van der Waals surface area contributed by atoms with Crippen molar-refractivity contribution in [3.63, 3.8) is 0 Å². The fraction of sp³-hybridized carbons (Fsp3) is 0.267. The van der Waals surface area contributed by atoms with Crippen LogP contribution in [0.5, 0.6) is 0 Å². The number of nitrogens with two attached hydrogens (primary N) is 1. The predicted molar refractivity (Wildman–Crippen MR) is 76.0 cm³/mol. The molecule has 1 heterocycles. The van der Waals surface area contributed by atoms with Crippen molar-refractivity contribution in [2.45, 2.75) is 26.8 Å². The van der Waals surface area contributed by atoms with Gasteiger partial charge >= 0.3 is 0 Å².